The van der Waals surface area contributed by atoms with Crippen molar-refractivity contribution >= 4 is 35.1 Å². The fourth-order valence-corrected chi connectivity index (χ4v) is 3.42. The molecule has 2 aromatic rings. The molecule has 0 bridgehead atoms. The number of nitro groups is 1. The summed E-state index contributed by atoms with van der Waals surface area (Å²) in [6, 6.07) is 12.2. The monoisotopic (exact) mass is 414 g/mol. The van der Waals surface area contributed by atoms with Gasteiger partial charge in [0.05, 0.1) is 4.92 Å². The van der Waals surface area contributed by atoms with E-state index in [-0.39, 0.29) is 11.3 Å². The van der Waals surface area contributed by atoms with E-state index in [1.165, 1.54) is 37.7 Å². The maximum atomic E-state index is 12.0. The number of nitrogens with zero attached hydrogens (tertiary/aromatic N) is 1. The maximum absolute atomic E-state index is 12.0. The molecule has 0 amide bonds. The van der Waals surface area contributed by atoms with Crippen molar-refractivity contribution in [3.8, 4) is 0 Å². The summed E-state index contributed by atoms with van der Waals surface area (Å²) in [7, 11) is 0. The van der Waals surface area contributed by atoms with E-state index in [1.807, 2.05) is 31.2 Å². The highest BCUT2D eigenvalue weighted by Gasteiger charge is 2.38. The van der Waals surface area contributed by atoms with Gasteiger partial charge in [0.2, 0.25) is 0 Å². The van der Waals surface area contributed by atoms with Gasteiger partial charge in [-0.25, -0.2) is 9.59 Å². The summed E-state index contributed by atoms with van der Waals surface area (Å²) in [6.45, 7) is 4.87. The Kier molecular flexibility index (Phi) is 5.60. The minimum absolute atomic E-state index is 0.127. The summed E-state index contributed by atoms with van der Waals surface area (Å²) in [6.07, 6.45) is 1.12. The largest absolute Gasteiger partial charge is 0.419 e. The quantitative estimate of drug-likeness (QED) is 0.255. The number of benzene rings is 2. The van der Waals surface area contributed by atoms with Crippen molar-refractivity contribution in [3.05, 3.63) is 69.9 Å². The third kappa shape index (κ3) is 5.14. The Morgan fingerprint density at radius 3 is 2.24 bits per heavy atom. The topological polar surface area (TPSA) is 108 Å². The molecule has 2 aromatic carbocycles. The maximum Gasteiger partial charge on any atom is 0.350 e. The first-order valence-electron chi connectivity index (χ1n) is 8.60. The van der Waals surface area contributed by atoms with E-state index < -0.39 is 22.6 Å². The third-order valence-electron chi connectivity index (χ3n) is 3.86. The average molecular weight is 414 g/mol. The van der Waals surface area contributed by atoms with Gasteiger partial charge in [0.25, 0.3) is 11.5 Å². The molecule has 1 fully saturated rings. The van der Waals surface area contributed by atoms with Crippen molar-refractivity contribution in [3.63, 3.8) is 0 Å². The minimum atomic E-state index is -1.34. The molecule has 29 heavy (non-hydrogen) atoms. The van der Waals surface area contributed by atoms with Crippen LogP contribution in [0.3, 0.4) is 0 Å². The number of nitro benzene ring substituents is 1. The Bertz CT molecular complexity index is 992. The van der Waals surface area contributed by atoms with Crippen molar-refractivity contribution in [1.82, 2.24) is 0 Å². The van der Waals surface area contributed by atoms with Gasteiger partial charge in [-0.3, -0.25) is 10.1 Å². The predicted molar refractivity (Wildman–Crippen MR) is 106 cm³/mol. The van der Waals surface area contributed by atoms with Crippen LogP contribution in [0.1, 0.15) is 19.4 Å². The van der Waals surface area contributed by atoms with E-state index >= 15 is 0 Å². The summed E-state index contributed by atoms with van der Waals surface area (Å²) in [5, 5.41) is 14.0. The summed E-state index contributed by atoms with van der Waals surface area (Å²) in [4.78, 5) is 36.3. The molecule has 1 saturated heterocycles. The van der Waals surface area contributed by atoms with Crippen molar-refractivity contribution in [1.29, 1.82) is 0 Å². The number of non-ortho nitro benzene ring substituents is 1. The number of cyclic esters (lactones) is 2. The van der Waals surface area contributed by atoms with Gasteiger partial charge in [-0.15, -0.1) is 0 Å². The van der Waals surface area contributed by atoms with E-state index in [0.717, 1.165) is 16.7 Å². The second kappa shape index (κ2) is 7.96. The second-order valence-corrected chi connectivity index (χ2v) is 7.92. The first-order valence-corrected chi connectivity index (χ1v) is 9.42. The van der Waals surface area contributed by atoms with Gasteiger partial charge >= 0.3 is 11.9 Å². The highest BCUT2D eigenvalue weighted by atomic mass is 32.2. The lowest BCUT2D eigenvalue weighted by atomic mass is 10.2. The van der Waals surface area contributed by atoms with E-state index in [9.17, 15) is 19.7 Å². The van der Waals surface area contributed by atoms with Gasteiger partial charge in [-0.1, -0.05) is 29.5 Å². The highest BCUT2D eigenvalue weighted by molar-refractivity contribution is 7.99. The van der Waals surface area contributed by atoms with Gasteiger partial charge in [-0.05, 0) is 25.1 Å². The van der Waals surface area contributed by atoms with E-state index in [2.05, 4.69) is 5.32 Å². The summed E-state index contributed by atoms with van der Waals surface area (Å²) in [5.74, 6) is -3.01. The first-order chi connectivity index (χ1) is 13.6. The van der Waals surface area contributed by atoms with Gasteiger partial charge in [-0.2, -0.15) is 0 Å². The number of hydrogen-bond acceptors (Lipinski definition) is 8. The van der Waals surface area contributed by atoms with Crippen LogP contribution in [0, 0.1) is 17.0 Å². The Balaban J connectivity index is 1.86. The Morgan fingerprint density at radius 2 is 1.66 bits per heavy atom. The zero-order valence-electron chi connectivity index (χ0n) is 15.9. The standard InChI is InChI=1S/C20H18N2O6S/c1-12-4-6-15(7-5-12)29-16-9-13(8-14(10-16)22(25)26)21-11-17-18(23)27-20(2,3)28-19(17)24/h4-11,21H,1-3H3. The predicted octanol–water partition coefficient (Wildman–Crippen LogP) is 4.19. The van der Waals surface area contributed by atoms with Crippen LogP contribution in [0.15, 0.2) is 64.0 Å². The average Bonchev–Trinajstić information content (AvgIpc) is 2.62. The summed E-state index contributed by atoms with van der Waals surface area (Å²) in [5.41, 5.74) is 0.991. The Morgan fingerprint density at radius 1 is 1.03 bits per heavy atom. The molecule has 3 rings (SSSR count). The van der Waals surface area contributed by atoms with Crippen LogP contribution < -0.4 is 5.32 Å². The summed E-state index contributed by atoms with van der Waals surface area (Å²) < 4.78 is 10.0. The van der Waals surface area contributed by atoms with Crippen LogP contribution in [0.4, 0.5) is 11.4 Å². The lowest BCUT2D eigenvalue weighted by Gasteiger charge is -2.29. The molecule has 150 valence electrons. The normalized spacial score (nSPS) is 15.3. The Hall–Kier alpha value is -3.33. The number of esters is 2. The lowest BCUT2D eigenvalue weighted by Crippen LogP contribution is -2.42. The highest BCUT2D eigenvalue weighted by Crippen LogP contribution is 2.33. The first kappa shape index (κ1) is 20.4. The van der Waals surface area contributed by atoms with E-state index in [4.69, 9.17) is 9.47 Å². The summed E-state index contributed by atoms with van der Waals surface area (Å²) >= 11 is 1.36. The molecule has 0 saturated carbocycles. The third-order valence-corrected chi connectivity index (χ3v) is 4.84. The zero-order chi connectivity index (χ0) is 21.2. The number of anilines is 1. The molecule has 0 spiro atoms. The SMILES string of the molecule is Cc1ccc(Sc2cc(NC=C3C(=O)OC(C)(C)OC3=O)cc([N+](=O)[O-])c2)cc1. The molecule has 0 aliphatic carbocycles. The van der Waals surface area contributed by atoms with Gasteiger partial charge in [0.15, 0.2) is 5.57 Å². The van der Waals surface area contributed by atoms with Crippen LogP contribution in [-0.4, -0.2) is 22.6 Å². The van der Waals surface area contributed by atoms with Crippen molar-refractivity contribution in [2.75, 3.05) is 5.32 Å². The zero-order valence-corrected chi connectivity index (χ0v) is 16.7. The molecule has 0 radical (unpaired) electrons. The molecule has 0 unspecified atom stereocenters. The smallest absolute Gasteiger partial charge is 0.350 e. The molecule has 8 nitrogen and oxygen atoms in total. The van der Waals surface area contributed by atoms with Crippen LogP contribution in [0.2, 0.25) is 0 Å². The van der Waals surface area contributed by atoms with Crippen LogP contribution in [0.5, 0.6) is 0 Å². The second-order valence-electron chi connectivity index (χ2n) is 6.77. The van der Waals surface area contributed by atoms with E-state index in [1.54, 1.807) is 6.07 Å². The molecule has 1 aliphatic rings. The van der Waals surface area contributed by atoms with Crippen molar-refractivity contribution < 1.29 is 24.0 Å². The van der Waals surface area contributed by atoms with E-state index in [0.29, 0.717) is 10.6 Å². The number of ether oxygens (including phenoxy) is 2. The molecular formula is C20H18N2O6S. The lowest BCUT2D eigenvalue weighted by molar-refractivity contribution is -0.385. The molecular weight excluding hydrogens is 396 g/mol. The fraction of sp³-hybridized carbons (Fsp3) is 0.200. The van der Waals surface area contributed by atoms with Crippen molar-refractivity contribution in [2.24, 2.45) is 0 Å². The molecule has 1 heterocycles. The molecule has 1 N–H and O–H groups in total. The van der Waals surface area contributed by atoms with Gasteiger partial charge in [0.1, 0.15) is 0 Å². The van der Waals surface area contributed by atoms with Crippen LogP contribution >= 0.6 is 11.8 Å². The van der Waals surface area contributed by atoms with Crippen molar-refractivity contribution in [2.45, 2.75) is 36.3 Å². The van der Waals surface area contributed by atoms with Crippen LogP contribution in [0.25, 0.3) is 0 Å². The molecule has 9 heteroatoms. The van der Waals surface area contributed by atoms with Gasteiger partial charge in [0, 0.05) is 47.7 Å². The molecule has 0 atom stereocenters. The number of nitrogens with one attached hydrogen (secondary N) is 1. The number of carbonyl (C=O) groups is 2. The number of carbonyl (C=O) groups excluding carboxylic acids is 2. The number of hydrogen-bond donors (Lipinski definition) is 1. The van der Waals surface area contributed by atoms with Gasteiger partial charge < -0.3 is 14.8 Å². The minimum Gasteiger partial charge on any atom is -0.419 e. The number of rotatable bonds is 5. The fourth-order valence-electron chi connectivity index (χ4n) is 2.51. The Labute approximate surface area is 171 Å². The van der Waals surface area contributed by atoms with Crippen LogP contribution in [-0.2, 0) is 19.1 Å². The number of aryl methyl sites for hydroxylation is 1. The molecule has 0 aromatic heterocycles. The molecule has 1 aliphatic heterocycles.